The summed E-state index contributed by atoms with van der Waals surface area (Å²) in [4.78, 5) is 42.7. The molecule has 0 fully saturated rings. The molecule has 0 spiro atoms. The van der Waals surface area contributed by atoms with Crippen molar-refractivity contribution in [3.63, 3.8) is 0 Å². The predicted molar refractivity (Wildman–Crippen MR) is 115 cm³/mol. The Balaban J connectivity index is 1.92. The fraction of sp³-hybridized carbons (Fsp3) is 0.292. The van der Waals surface area contributed by atoms with Crippen LogP contribution in [0.4, 0.5) is 0 Å². The molecule has 1 N–H and O–H groups in total. The van der Waals surface area contributed by atoms with Crippen molar-refractivity contribution in [2.24, 2.45) is 0 Å². The first-order valence-electron chi connectivity index (χ1n) is 10.2. The first-order valence-corrected chi connectivity index (χ1v) is 10.2. The number of nitrogens with one attached hydrogen (secondary N) is 1. The van der Waals surface area contributed by atoms with E-state index in [-0.39, 0.29) is 12.3 Å². The molecule has 0 bridgehead atoms. The fourth-order valence-electron chi connectivity index (χ4n) is 4.36. The Hall–Kier alpha value is -3.61. The molecule has 1 aliphatic rings. The van der Waals surface area contributed by atoms with E-state index in [1.54, 1.807) is 36.1 Å². The van der Waals surface area contributed by atoms with Gasteiger partial charge in [0, 0.05) is 29.4 Å². The number of para-hydroxylation sites is 1. The number of hydrogen-bond acceptors (Lipinski definition) is 5. The first kappa shape index (κ1) is 20.7. The highest BCUT2D eigenvalue weighted by Gasteiger charge is 2.43. The van der Waals surface area contributed by atoms with Gasteiger partial charge in [0.25, 0.3) is 0 Å². The molecule has 4 rings (SSSR count). The minimum absolute atomic E-state index is 0.151. The number of benzene rings is 2. The van der Waals surface area contributed by atoms with Gasteiger partial charge in [0.15, 0.2) is 0 Å². The molecular formula is C24H24N2O5. The van der Waals surface area contributed by atoms with Crippen LogP contribution in [0.15, 0.2) is 48.5 Å². The predicted octanol–water partition coefficient (Wildman–Crippen LogP) is 3.38. The average molecular weight is 420 g/mol. The molecule has 0 saturated heterocycles. The van der Waals surface area contributed by atoms with Crippen LogP contribution in [0.1, 0.15) is 46.6 Å². The number of hydrogen-bond donors (Lipinski definition) is 1. The van der Waals surface area contributed by atoms with E-state index < -0.39 is 24.0 Å². The Labute approximate surface area is 179 Å². The second-order valence-electron chi connectivity index (χ2n) is 7.48. The van der Waals surface area contributed by atoms with Gasteiger partial charge < -0.3 is 19.4 Å². The fourth-order valence-corrected chi connectivity index (χ4v) is 4.36. The number of methoxy groups -OCH3 is 2. The maximum absolute atomic E-state index is 13.1. The smallest absolute Gasteiger partial charge is 0.337 e. The van der Waals surface area contributed by atoms with Crippen LogP contribution in [-0.4, -0.2) is 48.0 Å². The molecule has 1 amide bonds. The maximum Gasteiger partial charge on any atom is 0.337 e. The molecule has 3 aromatic rings. The number of carbonyl (C=O) groups excluding carboxylic acids is 3. The molecule has 31 heavy (non-hydrogen) atoms. The summed E-state index contributed by atoms with van der Waals surface area (Å²) in [5.74, 6) is -1.04. The van der Waals surface area contributed by atoms with Crippen molar-refractivity contribution in [3.8, 4) is 0 Å². The highest BCUT2D eigenvalue weighted by Crippen LogP contribution is 2.41. The molecule has 1 aromatic heterocycles. The summed E-state index contributed by atoms with van der Waals surface area (Å²) in [6.45, 7) is 1.77. The molecule has 1 aliphatic heterocycles. The van der Waals surface area contributed by atoms with Gasteiger partial charge in [-0.3, -0.25) is 4.79 Å². The number of amides is 1. The molecule has 0 saturated carbocycles. The van der Waals surface area contributed by atoms with Crippen molar-refractivity contribution in [2.75, 3.05) is 14.2 Å². The van der Waals surface area contributed by atoms with Crippen molar-refractivity contribution in [1.29, 1.82) is 0 Å². The Morgan fingerprint density at radius 2 is 1.74 bits per heavy atom. The van der Waals surface area contributed by atoms with Crippen molar-refractivity contribution >= 4 is 28.7 Å². The third-order valence-corrected chi connectivity index (χ3v) is 5.84. The van der Waals surface area contributed by atoms with Gasteiger partial charge in [-0.05, 0) is 29.3 Å². The minimum atomic E-state index is -0.741. The minimum Gasteiger partial charge on any atom is -0.467 e. The Morgan fingerprint density at radius 1 is 1.03 bits per heavy atom. The summed E-state index contributed by atoms with van der Waals surface area (Å²) in [7, 11) is 2.67. The largest absolute Gasteiger partial charge is 0.467 e. The Kier molecular flexibility index (Phi) is 5.50. The van der Waals surface area contributed by atoms with Gasteiger partial charge in [-0.2, -0.15) is 0 Å². The number of carbonyl (C=O) groups is 3. The number of nitrogens with zero attached hydrogens (tertiary/aromatic N) is 1. The zero-order valence-corrected chi connectivity index (χ0v) is 17.7. The molecule has 160 valence electrons. The van der Waals surface area contributed by atoms with Crippen molar-refractivity contribution < 1.29 is 23.9 Å². The van der Waals surface area contributed by atoms with E-state index in [9.17, 15) is 14.4 Å². The van der Waals surface area contributed by atoms with Crippen LogP contribution in [0.5, 0.6) is 0 Å². The monoisotopic (exact) mass is 420 g/mol. The third kappa shape index (κ3) is 3.46. The maximum atomic E-state index is 13.1. The molecule has 7 heteroatoms. The van der Waals surface area contributed by atoms with Crippen LogP contribution in [0.3, 0.4) is 0 Å². The van der Waals surface area contributed by atoms with Gasteiger partial charge in [-0.1, -0.05) is 37.3 Å². The lowest BCUT2D eigenvalue weighted by Crippen LogP contribution is -2.51. The third-order valence-electron chi connectivity index (χ3n) is 5.84. The molecule has 2 aromatic carbocycles. The molecule has 0 radical (unpaired) electrons. The van der Waals surface area contributed by atoms with E-state index in [0.717, 1.165) is 27.7 Å². The van der Waals surface area contributed by atoms with Crippen LogP contribution in [-0.2, 0) is 25.5 Å². The topological polar surface area (TPSA) is 88.7 Å². The number of ether oxygens (including phenoxy) is 2. The van der Waals surface area contributed by atoms with Crippen molar-refractivity contribution in [2.45, 2.75) is 31.8 Å². The normalized spacial score (nSPS) is 17.8. The number of aromatic amines is 1. The van der Waals surface area contributed by atoms with Gasteiger partial charge in [0.2, 0.25) is 5.91 Å². The van der Waals surface area contributed by atoms with E-state index in [0.29, 0.717) is 12.0 Å². The van der Waals surface area contributed by atoms with Crippen LogP contribution in [0.2, 0.25) is 0 Å². The van der Waals surface area contributed by atoms with Crippen LogP contribution in [0, 0.1) is 0 Å². The molecule has 2 unspecified atom stereocenters. The molecular weight excluding hydrogens is 396 g/mol. The number of H-pyrrole nitrogens is 1. The van der Waals surface area contributed by atoms with Gasteiger partial charge in [0.05, 0.1) is 25.8 Å². The Morgan fingerprint density at radius 3 is 2.39 bits per heavy atom. The summed E-state index contributed by atoms with van der Waals surface area (Å²) < 4.78 is 9.85. The summed E-state index contributed by atoms with van der Waals surface area (Å²) in [6, 6.07) is 13.5. The first-order chi connectivity index (χ1) is 15.0. The van der Waals surface area contributed by atoms with Gasteiger partial charge >= 0.3 is 11.9 Å². The van der Waals surface area contributed by atoms with E-state index in [1.807, 2.05) is 24.3 Å². The summed E-state index contributed by atoms with van der Waals surface area (Å²) in [6.07, 6.45) is 0.619. The lowest BCUT2D eigenvalue weighted by Gasteiger charge is -2.41. The second kappa shape index (κ2) is 8.26. The highest BCUT2D eigenvalue weighted by molar-refractivity contribution is 5.91. The van der Waals surface area contributed by atoms with E-state index >= 15 is 0 Å². The number of aromatic nitrogens is 1. The lowest BCUT2D eigenvalue weighted by atomic mass is 9.87. The molecule has 0 aliphatic carbocycles. The molecule has 2 atom stereocenters. The summed E-state index contributed by atoms with van der Waals surface area (Å²) in [5.41, 5.74) is 4.01. The Bertz CT molecular complexity index is 1150. The van der Waals surface area contributed by atoms with Crippen molar-refractivity contribution in [3.05, 3.63) is 70.9 Å². The average Bonchev–Trinajstić information content (AvgIpc) is 3.19. The van der Waals surface area contributed by atoms with Crippen LogP contribution >= 0.6 is 0 Å². The number of rotatable bonds is 4. The highest BCUT2D eigenvalue weighted by atomic mass is 16.5. The molecule has 2 heterocycles. The van der Waals surface area contributed by atoms with Gasteiger partial charge in [0.1, 0.15) is 6.04 Å². The number of esters is 2. The van der Waals surface area contributed by atoms with Crippen molar-refractivity contribution in [1.82, 2.24) is 9.88 Å². The zero-order chi connectivity index (χ0) is 22.1. The van der Waals surface area contributed by atoms with Gasteiger partial charge in [-0.25, -0.2) is 9.59 Å². The zero-order valence-electron chi connectivity index (χ0n) is 17.7. The summed E-state index contributed by atoms with van der Waals surface area (Å²) >= 11 is 0. The van der Waals surface area contributed by atoms with E-state index in [1.165, 1.54) is 14.2 Å². The molecule has 7 nitrogen and oxygen atoms in total. The van der Waals surface area contributed by atoms with E-state index in [2.05, 4.69) is 4.98 Å². The lowest BCUT2D eigenvalue weighted by molar-refractivity contribution is -0.155. The quantitative estimate of drug-likeness (QED) is 0.654. The van der Waals surface area contributed by atoms with Crippen LogP contribution < -0.4 is 0 Å². The van der Waals surface area contributed by atoms with Gasteiger partial charge in [-0.15, -0.1) is 0 Å². The number of fused-ring (bicyclic) bond motifs is 3. The second-order valence-corrected chi connectivity index (χ2v) is 7.48. The summed E-state index contributed by atoms with van der Waals surface area (Å²) in [5, 5.41) is 1.02. The van der Waals surface area contributed by atoms with E-state index in [4.69, 9.17) is 9.47 Å². The standard InChI is InChI=1S/C24H24N2O5/c1-4-20(27)26-19(24(29)31-3)13-17-16-7-5-6-8-18(16)25-21(17)22(26)14-9-11-15(12-10-14)23(28)30-2/h5-12,19,22,25H,4,13H2,1-3H3. The SMILES string of the molecule is CCC(=O)N1C(C(=O)OC)Cc2c([nH]c3ccccc23)C1c1ccc(C(=O)OC)cc1. The van der Waals surface area contributed by atoms with Crippen LogP contribution in [0.25, 0.3) is 10.9 Å².